The zero-order valence-electron chi connectivity index (χ0n) is 12.8. The number of ether oxygens (including phenoxy) is 1. The molecule has 2 heterocycles. The summed E-state index contributed by atoms with van der Waals surface area (Å²) < 4.78 is 7.36. The lowest BCUT2D eigenvalue weighted by Crippen LogP contribution is -2.56. The van der Waals surface area contributed by atoms with Crippen molar-refractivity contribution in [3.8, 4) is 0 Å². The summed E-state index contributed by atoms with van der Waals surface area (Å²) in [6, 6.07) is 0. The molecule has 0 saturated carbocycles. The van der Waals surface area contributed by atoms with E-state index in [1.807, 2.05) is 17.8 Å². The van der Waals surface area contributed by atoms with Crippen LogP contribution < -0.4 is 0 Å². The van der Waals surface area contributed by atoms with E-state index < -0.39 is 0 Å². The summed E-state index contributed by atoms with van der Waals surface area (Å²) in [5.41, 5.74) is -0.366. The average Bonchev–Trinajstić information content (AvgIpc) is 2.90. The van der Waals surface area contributed by atoms with E-state index >= 15 is 0 Å². The van der Waals surface area contributed by atoms with Gasteiger partial charge in [0.25, 0.3) is 0 Å². The van der Waals surface area contributed by atoms with Gasteiger partial charge < -0.3 is 9.30 Å². The highest BCUT2D eigenvalue weighted by Gasteiger charge is 2.37. The first-order valence-electron chi connectivity index (χ1n) is 7.40. The maximum absolute atomic E-state index is 12.7. The molecule has 1 atom stereocenters. The van der Waals surface area contributed by atoms with Gasteiger partial charge in [-0.3, -0.25) is 9.69 Å². The van der Waals surface area contributed by atoms with Crippen molar-refractivity contribution >= 4 is 5.78 Å². The largest absolute Gasteiger partial charge is 0.379 e. The number of ketones is 1. The minimum Gasteiger partial charge on any atom is -0.379 e. The van der Waals surface area contributed by atoms with E-state index in [2.05, 4.69) is 23.7 Å². The number of aryl methyl sites for hydroxylation is 2. The fourth-order valence-electron chi connectivity index (χ4n) is 2.79. The number of aromatic nitrogens is 2. The first-order valence-corrected chi connectivity index (χ1v) is 7.40. The number of imidazole rings is 1. The van der Waals surface area contributed by atoms with E-state index in [9.17, 15) is 4.79 Å². The lowest BCUT2D eigenvalue weighted by Gasteiger charge is -2.41. The molecule has 20 heavy (non-hydrogen) atoms. The Morgan fingerprint density at radius 2 is 2.15 bits per heavy atom. The van der Waals surface area contributed by atoms with Crippen molar-refractivity contribution in [2.24, 2.45) is 7.05 Å². The number of Topliss-reactive ketones (excluding diaryl/α,β-unsaturated/α-hetero) is 1. The molecule has 1 fully saturated rings. The molecule has 1 aliphatic rings. The molecule has 0 N–H and O–H groups in total. The number of carbonyl (C=O) groups excluding carboxylic acids is 1. The van der Waals surface area contributed by atoms with Gasteiger partial charge in [0, 0.05) is 45.4 Å². The van der Waals surface area contributed by atoms with Crippen LogP contribution in [0.15, 0.2) is 12.4 Å². The topological polar surface area (TPSA) is 47.4 Å². The van der Waals surface area contributed by atoms with Crippen molar-refractivity contribution in [2.75, 3.05) is 26.3 Å². The van der Waals surface area contributed by atoms with Crippen molar-refractivity contribution in [1.82, 2.24) is 14.5 Å². The molecule has 0 aromatic carbocycles. The number of rotatable bonds is 6. The third-order valence-electron chi connectivity index (χ3n) is 4.49. The van der Waals surface area contributed by atoms with Crippen LogP contribution in [0.1, 0.15) is 32.5 Å². The molecule has 5 nitrogen and oxygen atoms in total. The van der Waals surface area contributed by atoms with Crippen molar-refractivity contribution < 1.29 is 9.53 Å². The Morgan fingerprint density at radius 1 is 1.45 bits per heavy atom. The third kappa shape index (κ3) is 3.10. The number of hydrogen-bond donors (Lipinski definition) is 0. The summed E-state index contributed by atoms with van der Waals surface area (Å²) >= 11 is 0. The van der Waals surface area contributed by atoms with Crippen LogP contribution in [0.3, 0.4) is 0 Å². The second-order valence-corrected chi connectivity index (χ2v) is 5.60. The second kappa shape index (κ2) is 6.50. The SMILES string of the molecule is CCC(C)(C(=O)CCc1nccn1C)N1CCOCC1. The Hall–Kier alpha value is -1.20. The Kier molecular flexibility index (Phi) is 4.94. The van der Waals surface area contributed by atoms with Crippen LogP contribution in [0.2, 0.25) is 0 Å². The monoisotopic (exact) mass is 279 g/mol. The quantitative estimate of drug-likeness (QED) is 0.790. The molecule has 0 radical (unpaired) electrons. The van der Waals surface area contributed by atoms with Crippen LogP contribution in [-0.4, -0.2) is 52.1 Å². The van der Waals surface area contributed by atoms with E-state index in [-0.39, 0.29) is 5.54 Å². The molecular weight excluding hydrogens is 254 g/mol. The maximum atomic E-state index is 12.7. The molecule has 0 amide bonds. The minimum absolute atomic E-state index is 0.310. The van der Waals surface area contributed by atoms with Gasteiger partial charge in [0.1, 0.15) is 5.82 Å². The van der Waals surface area contributed by atoms with Gasteiger partial charge in [-0.05, 0) is 13.3 Å². The van der Waals surface area contributed by atoms with Crippen molar-refractivity contribution in [3.63, 3.8) is 0 Å². The van der Waals surface area contributed by atoms with Gasteiger partial charge in [-0.15, -0.1) is 0 Å². The average molecular weight is 279 g/mol. The molecule has 0 bridgehead atoms. The predicted molar refractivity (Wildman–Crippen MR) is 77.6 cm³/mol. The molecule has 1 unspecified atom stereocenters. The van der Waals surface area contributed by atoms with Crippen molar-refractivity contribution in [3.05, 3.63) is 18.2 Å². The summed E-state index contributed by atoms with van der Waals surface area (Å²) in [6.45, 7) is 7.30. The predicted octanol–water partition coefficient (Wildman–Crippen LogP) is 1.42. The standard InChI is InChI=1S/C15H25N3O2/c1-4-15(2,18-9-11-20-12-10-18)13(19)5-6-14-16-7-8-17(14)3/h7-8H,4-6,9-12H2,1-3H3. The molecule has 1 saturated heterocycles. The fraction of sp³-hybridized carbons (Fsp3) is 0.733. The maximum Gasteiger partial charge on any atom is 0.153 e. The molecule has 112 valence electrons. The molecule has 2 rings (SSSR count). The van der Waals surface area contributed by atoms with Gasteiger partial charge in [0.05, 0.1) is 18.8 Å². The smallest absolute Gasteiger partial charge is 0.153 e. The van der Waals surface area contributed by atoms with Gasteiger partial charge in [-0.25, -0.2) is 4.98 Å². The number of nitrogens with zero attached hydrogens (tertiary/aromatic N) is 3. The second-order valence-electron chi connectivity index (χ2n) is 5.60. The van der Waals surface area contributed by atoms with Crippen molar-refractivity contribution in [2.45, 2.75) is 38.6 Å². The zero-order chi connectivity index (χ0) is 14.6. The first-order chi connectivity index (χ1) is 9.58. The highest BCUT2D eigenvalue weighted by molar-refractivity contribution is 5.88. The first kappa shape index (κ1) is 15.2. The molecule has 0 spiro atoms. The summed E-state index contributed by atoms with van der Waals surface area (Å²) in [4.78, 5) is 19.2. The fourth-order valence-corrected chi connectivity index (χ4v) is 2.79. The molecule has 1 aromatic heterocycles. The van der Waals surface area contributed by atoms with Crippen LogP contribution in [0.25, 0.3) is 0 Å². The summed E-state index contributed by atoms with van der Waals surface area (Å²) in [5.74, 6) is 1.28. The summed E-state index contributed by atoms with van der Waals surface area (Å²) in [6.07, 6.45) is 5.79. The van der Waals surface area contributed by atoms with Gasteiger partial charge in [0.15, 0.2) is 5.78 Å². The van der Waals surface area contributed by atoms with Crippen LogP contribution in [0, 0.1) is 0 Å². The molecular formula is C15H25N3O2. The van der Waals surface area contributed by atoms with Gasteiger partial charge in [0.2, 0.25) is 0 Å². The molecule has 1 aromatic rings. The highest BCUT2D eigenvalue weighted by atomic mass is 16.5. The zero-order valence-corrected chi connectivity index (χ0v) is 12.8. The number of carbonyl (C=O) groups is 1. The van der Waals surface area contributed by atoms with E-state index in [0.29, 0.717) is 18.6 Å². The lowest BCUT2D eigenvalue weighted by molar-refractivity contribution is -0.133. The van der Waals surface area contributed by atoms with Crippen LogP contribution in [0.4, 0.5) is 0 Å². The van der Waals surface area contributed by atoms with E-state index in [1.54, 1.807) is 6.20 Å². The highest BCUT2D eigenvalue weighted by Crippen LogP contribution is 2.24. The van der Waals surface area contributed by atoms with Gasteiger partial charge in [-0.1, -0.05) is 6.92 Å². The van der Waals surface area contributed by atoms with Crippen molar-refractivity contribution in [1.29, 1.82) is 0 Å². The Balaban J connectivity index is 1.99. The summed E-state index contributed by atoms with van der Waals surface area (Å²) in [5, 5.41) is 0. The van der Waals surface area contributed by atoms with E-state index in [0.717, 1.165) is 38.5 Å². The molecule has 0 aliphatic carbocycles. The normalized spacial score (nSPS) is 19.8. The van der Waals surface area contributed by atoms with Crippen LogP contribution in [-0.2, 0) is 23.0 Å². The minimum atomic E-state index is -0.366. The Labute approximate surface area is 120 Å². The van der Waals surface area contributed by atoms with Crippen LogP contribution >= 0.6 is 0 Å². The number of morpholine rings is 1. The lowest BCUT2D eigenvalue weighted by atomic mass is 9.88. The van der Waals surface area contributed by atoms with Crippen LogP contribution in [0.5, 0.6) is 0 Å². The van der Waals surface area contributed by atoms with E-state index in [4.69, 9.17) is 4.74 Å². The Bertz CT molecular complexity index is 452. The summed E-state index contributed by atoms with van der Waals surface area (Å²) in [7, 11) is 1.97. The van der Waals surface area contributed by atoms with Gasteiger partial charge >= 0.3 is 0 Å². The Morgan fingerprint density at radius 3 is 2.70 bits per heavy atom. The van der Waals surface area contributed by atoms with E-state index in [1.165, 1.54) is 0 Å². The number of hydrogen-bond acceptors (Lipinski definition) is 4. The molecule has 1 aliphatic heterocycles. The van der Waals surface area contributed by atoms with Gasteiger partial charge in [-0.2, -0.15) is 0 Å². The molecule has 5 heteroatoms. The third-order valence-corrected chi connectivity index (χ3v) is 4.49.